The highest BCUT2D eigenvalue weighted by Crippen LogP contribution is 2.53. The number of sulfonamides is 1. The number of carbonyl (C=O) groups excluding carboxylic acids is 1. The molecular weight excluding hydrogens is 630 g/mol. The lowest BCUT2D eigenvalue weighted by Crippen LogP contribution is -2.58. The summed E-state index contributed by atoms with van der Waals surface area (Å²) in [6, 6.07) is 18.4. The Morgan fingerprint density at radius 1 is 1.02 bits per heavy atom. The van der Waals surface area contributed by atoms with E-state index in [1.54, 1.807) is 59.5 Å². The number of aliphatic carboxylic acids is 1. The van der Waals surface area contributed by atoms with Crippen LogP contribution in [0, 0.1) is 11.7 Å². The Balaban J connectivity index is 1.40. The summed E-state index contributed by atoms with van der Waals surface area (Å²) in [5.41, 5.74) is 1.44. The van der Waals surface area contributed by atoms with Gasteiger partial charge in [-0.1, -0.05) is 65.7 Å². The summed E-state index contributed by atoms with van der Waals surface area (Å²) in [6.07, 6.45) is -0.631. The summed E-state index contributed by atoms with van der Waals surface area (Å²) in [7, 11) is -4.06. The molecule has 1 amide bonds. The third-order valence-corrected chi connectivity index (χ3v) is 11.5. The van der Waals surface area contributed by atoms with E-state index in [2.05, 4.69) is 4.72 Å². The highest BCUT2D eigenvalue weighted by atomic mass is 35.5. The van der Waals surface area contributed by atoms with E-state index in [9.17, 15) is 27.5 Å². The Morgan fingerprint density at radius 2 is 1.73 bits per heavy atom. The molecule has 1 saturated heterocycles. The summed E-state index contributed by atoms with van der Waals surface area (Å²) < 4.78 is 50.0. The normalized spacial score (nSPS) is 23.8. The number of amides is 1. The first-order valence-corrected chi connectivity index (χ1v) is 16.7. The Bertz CT molecular complexity index is 1680. The molecule has 0 aromatic heterocycles. The molecule has 2 saturated carbocycles. The number of carboxylic acid groups (broad SMARTS) is 1. The number of carboxylic acids is 1. The van der Waals surface area contributed by atoms with E-state index in [1.807, 2.05) is 0 Å². The highest BCUT2D eigenvalue weighted by molar-refractivity contribution is 7.90. The van der Waals surface area contributed by atoms with Crippen molar-refractivity contribution < 1.29 is 32.2 Å². The first-order chi connectivity index (χ1) is 21.0. The Hall–Kier alpha value is -3.02. The monoisotopic (exact) mass is 660 g/mol. The molecular formula is C32H31Cl2FN2O6S. The van der Waals surface area contributed by atoms with Crippen molar-refractivity contribution in [3.8, 4) is 0 Å². The summed E-state index contributed by atoms with van der Waals surface area (Å²) in [5, 5.41) is 10.6. The van der Waals surface area contributed by atoms with Crippen molar-refractivity contribution in [1.29, 1.82) is 0 Å². The number of halogens is 3. The van der Waals surface area contributed by atoms with Crippen LogP contribution in [0.4, 0.5) is 4.39 Å². The van der Waals surface area contributed by atoms with E-state index < -0.39 is 63.2 Å². The molecule has 1 heterocycles. The van der Waals surface area contributed by atoms with Gasteiger partial charge in [0.25, 0.3) is 5.91 Å². The van der Waals surface area contributed by atoms with Crippen LogP contribution in [0.1, 0.15) is 60.9 Å². The molecule has 3 aromatic carbocycles. The molecule has 1 aliphatic heterocycles. The fourth-order valence-corrected chi connectivity index (χ4v) is 8.38. The predicted octanol–water partition coefficient (Wildman–Crippen LogP) is 6.00. The van der Waals surface area contributed by atoms with E-state index in [0.717, 1.165) is 12.8 Å². The lowest BCUT2D eigenvalue weighted by Gasteiger charge is -2.48. The highest BCUT2D eigenvalue weighted by Gasteiger charge is 2.58. The molecule has 3 fully saturated rings. The number of morpholine rings is 1. The summed E-state index contributed by atoms with van der Waals surface area (Å²) in [4.78, 5) is 27.6. The first kappa shape index (κ1) is 31.0. The Labute approximate surface area is 265 Å². The molecule has 232 valence electrons. The van der Waals surface area contributed by atoms with Crippen LogP contribution in [0.15, 0.2) is 72.8 Å². The minimum Gasteiger partial charge on any atom is -0.481 e. The number of carbonyl (C=O) groups is 2. The van der Waals surface area contributed by atoms with E-state index >= 15 is 0 Å². The maximum atomic E-state index is 14.8. The molecule has 6 rings (SSSR count). The zero-order valence-corrected chi connectivity index (χ0v) is 25.9. The molecule has 0 bridgehead atoms. The molecule has 8 nitrogen and oxygen atoms in total. The van der Waals surface area contributed by atoms with Crippen molar-refractivity contribution in [2.45, 2.75) is 61.1 Å². The van der Waals surface area contributed by atoms with Gasteiger partial charge in [-0.25, -0.2) is 17.5 Å². The molecule has 3 aliphatic rings. The van der Waals surface area contributed by atoms with Gasteiger partial charge in [0.2, 0.25) is 10.0 Å². The first-order valence-electron chi connectivity index (χ1n) is 14.5. The van der Waals surface area contributed by atoms with Crippen molar-refractivity contribution in [2.75, 3.05) is 6.54 Å². The van der Waals surface area contributed by atoms with Crippen molar-refractivity contribution in [3.05, 3.63) is 105 Å². The fraction of sp³-hybridized carbons (Fsp3) is 0.375. The van der Waals surface area contributed by atoms with Crippen LogP contribution < -0.4 is 4.72 Å². The van der Waals surface area contributed by atoms with E-state index in [4.69, 9.17) is 27.9 Å². The van der Waals surface area contributed by atoms with Crippen LogP contribution in [0.3, 0.4) is 0 Å². The smallest absolute Gasteiger partial charge is 0.306 e. The molecule has 0 radical (unpaired) electrons. The maximum Gasteiger partial charge on any atom is 0.306 e. The second kappa shape index (κ2) is 12.1. The van der Waals surface area contributed by atoms with E-state index in [1.165, 1.54) is 18.2 Å². The van der Waals surface area contributed by atoms with Gasteiger partial charge in [0.1, 0.15) is 22.8 Å². The van der Waals surface area contributed by atoms with Crippen LogP contribution in [-0.2, 0) is 29.1 Å². The SMILES string of the molecule is O=C(O)C[C@H]1O[C@H](c2cccc(Cl)c2)C(c2ccc(Cl)cc2)N([C@H](CNS(=O)(=O)C2(c3ccccc3F)CC2)C2CC2)C1=O. The van der Waals surface area contributed by atoms with Crippen LogP contribution >= 0.6 is 23.2 Å². The quantitative estimate of drug-likeness (QED) is 0.261. The van der Waals surface area contributed by atoms with Gasteiger partial charge in [-0.3, -0.25) is 9.59 Å². The molecule has 4 atom stereocenters. The summed E-state index contributed by atoms with van der Waals surface area (Å²) >= 11 is 12.6. The van der Waals surface area contributed by atoms with Gasteiger partial charge in [-0.05, 0) is 73.1 Å². The number of rotatable bonds is 11. The van der Waals surface area contributed by atoms with Gasteiger partial charge in [-0.2, -0.15) is 0 Å². The molecule has 1 unspecified atom stereocenters. The number of ether oxygens (including phenoxy) is 1. The Kier molecular flexibility index (Phi) is 8.49. The van der Waals surface area contributed by atoms with Crippen LogP contribution in [0.25, 0.3) is 0 Å². The maximum absolute atomic E-state index is 14.8. The van der Waals surface area contributed by atoms with Gasteiger partial charge >= 0.3 is 5.97 Å². The predicted molar refractivity (Wildman–Crippen MR) is 163 cm³/mol. The lowest BCUT2D eigenvalue weighted by molar-refractivity contribution is -0.184. The summed E-state index contributed by atoms with van der Waals surface area (Å²) in [6.45, 7) is -0.124. The number of hydrogen-bond donors (Lipinski definition) is 2. The van der Waals surface area contributed by atoms with Crippen molar-refractivity contribution >= 4 is 45.1 Å². The van der Waals surface area contributed by atoms with Gasteiger partial charge in [-0.15, -0.1) is 0 Å². The van der Waals surface area contributed by atoms with Crippen LogP contribution in [-0.4, -0.2) is 49.0 Å². The van der Waals surface area contributed by atoms with E-state index in [-0.39, 0.29) is 30.9 Å². The van der Waals surface area contributed by atoms with Crippen molar-refractivity contribution in [2.24, 2.45) is 5.92 Å². The van der Waals surface area contributed by atoms with Gasteiger partial charge in [0.05, 0.1) is 12.5 Å². The standard InChI is InChI=1S/C32H31Cl2FN2O6S/c33-22-12-10-20(11-13-22)29-30(21-4-3-5-23(34)16-21)43-27(17-28(38)39)31(40)37(29)26(19-8-9-19)18-36-44(41,42)32(14-15-32)24-6-1-2-7-25(24)35/h1-7,10-13,16,19,26-27,29-30,36H,8-9,14-15,17-18H2,(H,38,39)/t26-,27-,29?,30-/m1/s1. The molecule has 44 heavy (non-hydrogen) atoms. The van der Waals surface area contributed by atoms with E-state index in [0.29, 0.717) is 21.2 Å². The third kappa shape index (κ3) is 5.98. The molecule has 2 aliphatic carbocycles. The zero-order chi connectivity index (χ0) is 31.2. The minimum atomic E-state index is -4.06. The van der Waals surface area contributed by atoms with Crippen LogP contribution in [0.5, 0.6) is 0 Å². The lowest BCUT2D eigenvalue weighted by atomic mass is 9.89. The molecule has 3 aromatic rings. The van der Waals surface area contributed by atoms with Crippen molar-refractivity contribution in [3.63, 3.8) is 0 Å². The Morgan fingerprint density at radius 3 is 2.34 bits per heavy atom. The third-order valence-electron chi connectivity index (χ3n) is 8.77. The van der Waals surface area contributed by atoms with Crippen molar-refractivity contribution in [1.82, 2.24) is 9.62 Å². The number of hydrogen-bond acceptors (Lipinski definition) is 5. The number of benzene rings is 3. The second-order valence-electron chi connectivity index (χ2n) is 11.7. The average molecular weight is 662 g/mol. The van der Waals surface area contributed by atoms with Gasteiger partial charge < -0.3 is 14.7 Å². The average Bonchev–Trinajstić information content (AvgIpc) is 3.90. The van der Waals surface area contributed by atoms with Gasteiger partial charge in [0, 0.05) is 28.2 Å². The number of nitrogens with zero attached hydrogens (tertiary/aromatic N) is 1. The van der Waals surface area contributed by atoms with Gasteiger partial charge in [0.15, 0.2) is 0 Å². The fourth-order valence-electron chi connectivity index (χ4n) is 6.30. The molecule has 0 spiro atoms. The molecule has 2 N–H and O–H groups in total. The zero-order valence-electron chi connectivity index (χ0n) is 23.5. The molecule has 12 heteroatoms. The number of nitrogens with one attached hydrogen (secondary N) is 1. The second-order valence-corrected chi connectivity index (χ2v) is 14.6. The largest absolute Gasteiger partial charge is 0.481 e. The summed E-state index contributed by atoms with van der Waals surface area (Å²) in [5.74, 6) is -2.37. The minimum absolute atomic E-state index is 0.0383. The topological polar surface area (TPSA) is 113 Å². The van der Waals surface area contributed by atoms with Crippen LogP contribution in [0.2, 0.25) is 10.0 Å².